The van der Waals surface area contributed by atoms with Gasteiger partial charge in [-0.15, -0.1) is 5.10 Å². The van der Waals surface area contributed by atoms with Crippen LogP contribution in [0, 0.1) is 5.82 Å². The molecule has 0 spiro atoms. The van der Waals surface area contributed by atoms with E-state index in [9.17, 15) is 9.18 Å². The van der Waals surface area contributed by atoms with E-state index in [1.807, 2.05) is 0 Å². The van der Waals surface area contributed by atoms with E-state index >= 15 is 0 Å². The van der Waals surface area contributed by atoms with Gasteiger partial charge in [0.2, 0.25) is 0 Å². The van der Waals surface area contributed by atoms with Crippen molar-refractivity contribution in [2.75, 3.05) is 0 Å². The number of carbonyl (C=O) groups is 1. The van der Waals surface area contributed by atoms with Crippen molar-refractivity contribution in [3.8, 4) is 5.69 Å². The molecule has 5 nitrogen and oxygen atoms in total. The van der Waals surface area contributed by atoms with Crippen molar-refractivity contribution in [1.29, 1.82) is 0 Å². The second-order valence-corrected chi connectivity index (χ2v) is 5.27. The number of unbranched alkanes of at least 4 members (excludes halogenated alkanes) is 1. The molecule has 1 heterocycles. The van der Waals surface area contributed by atoms with Crippen LogP contribution in [0.1, 0.15) is 25.0 Å². The van der Waals surface area contributed by atoms with Gasteiger partial charge in [0.1, 0.15) is 11.5 Å². The molecule has 0 fully saturated rings. The van der Waals surface area contributed by atoms with Gasteiger partial charge < -0.3 is 5.11 Å². The quantitative estimate of drug-likeness (QED) is 0.820. The Balaban J connectivity index is 2.01. The summed E-state index contributed by atoms with van der Waals surface area (Å²) in [5.74, 6) is -1.18. The number of aromatic nitrogens is 3. The Morgan fingerprint density at radius 1 is 1.40 bits per heavy atom. The minimum atomic E-state index is -0.801. The number of rotatable bonds is 6. The zero-order valence-electron chi connectivity index (χ0n) is 10.6. The van der Waals surface area contributed by atoms with Crippen LogP contribution >= 0.6 is 15.9 Å². The molecule has 1 aromatic heterocycles. The van der Waals surface area contributed by atoms with Crippen LogP contribution in [-0.2, 0) is 11.2 Å². The van der Waals surface area contributed by atoms with Gasteiger partial charge in [0.25, 0.3) is 0 Å². The van der Waals surface area contributed by atoms with Crippen molar-refractivity contribution in [2.24, 2.45) is 0 Å². The van der Waals surface area contributed by atoms with Crippen molar-refractivity contribution in [3.05, 3.63) is 40.4 Å². The molecule has 0 saturated carbocycles. The first-order valence-electron chi connectivity index (χ1n) is 6.14. The van der Waals surface area contributed by atoms with Gasteiger partial charge in [-0.1, -0.05) is 21.1 Å². The lowest BCUT2D eigenvalue weighted by molar-refractivity contribution is -0.137. The van der Waals surface area contributed by atoms with E-state index in [4.69, 9.17) is 5.11 Å². The maximum Gasteiger partial charge on any atom is 0.303 e. The molecule has 0 saturated heterocycles. The highest BCUT2D eigenvalue weighted by molar-refractivity contribution is 9.10. The largest absolute Gasteiger partial charge is 0.481 e. The lowest BCUT2D eigenvalue weighted by atomic mass is 10.1. The predicted octanol–water partition coefficient (Wildman–Crippen LogP) is 2.97. The van der Waals surface area contributed by atoms with E-state index in [1.54, 1.807) is 18.3 Å². The van der Waals surface area contributed by atoms with Crippen molar-refractivity contribution in [1.82, 2.24) is 15.0 Å². The van der Waals surface area contributed by atoms with E-state index in [-0.39, 0.29) is 12.2 Å². The van der Waals surface area contributed by atoms with Crippen LogP contribution < -0.4 is 0 Å². The standard InChI is InChI=1S/C13H13BrFN3O2/c14-9-5-6-11(15)12(7-9)18-8-10(16-17-18)3-1-2-4-13(19)20/h5-8H,1-4H2,(H,19,20). The van der Waals surface area contributed by atoms with Gasteiger partial charge in [-0.3, -0.25) is 4.79 Å². The fraction of sp³-hybridized carbons (Fsp3) is 0.308. The highest BCUT2D eigenvalue weighted by atomic mass is 79.9. The van der Waals surface area contributed by atoms with E-state index in [1.165, 1.54) is 10.7 Å². The number of hydrogen-bond acceptors (Lipinski definition) is 3. The Bertz CT molecular complexity index is 615. The molecule has 1 N–H and O–H groups in total. The third kappa shape index (κ3) is 3.86. The monoisotopic (exact) mass is 341 g/mol. The highest BCUT2D eigenvalue weighted by Gasteiger charge is 2.08. The van der Waals surface area contributed by atoms with Crippen LogP contribution in [0.5, 0.6) is 0 Å². The summed E-state index contributed by atoms with van der Waals surface area (Å²) in [5, 5.41) is 16.4. The summed E-state index contributed by atoms with van der Waals surface area (Å²) in [6.45, 7) is 0. The Labute approximate surface area is 123 Å². The summed E-state index contributed by atoms with van der Waals surface area (Å²) in [4.78, 5) is 10.4. The average Bonchev–Trinajstić information content (AvgIpc) is 2.86. The summed E-state index contributed by atoms with van der Waals surface area (Å²) in [6, 6.07) is 4.59. The maximum absolute atomic E-state index is 13.7. The number of halogens is 2. The molecule has 2 rings (SSSR count). The Morgan fingerprint density at radius 2 is 2.20 bits per heavy atom. The molecule has 0 atom stereocenters. The van der Waals surface area contributed by atoms with Gasteiger partial charge in [0.15, 0.2) is 0 Å². The second-order valence-electron chi connectivity index (χ2n) is 4.35. The third-order valence-electron chi connectivity index (χ3n) is 2.77. The Kier molecular flexibility index (Phi) is 4.84. The number of hydrogen-bond donors (Lipinski definition) is 1. The van der Waals surface area contributed by atoms with Crippen LogP contribution in [0.15, 0.2) is 28.9 Å². The fourth-order valence-corrected chi connectivity index (χ4v) is 2.12. The minimum absolute atomic E-state index is 0.147. The fourth-order valence-electron chi connectivity index (χ4n) is 1.77. The van der Waals surface area contributed by atoms with Gasteiger partial charge in [0.05, 0.1) is 11.9 Å². The molecule has 0 bridgehead atoms. The van der Waals surface area contributed by atoms with Crippen molar-refractivity contribution >= 4 is 21.9 Å². The van der Waals surface area contributed by atoms with Gasteiger partial charge in [-0.05, 0) is 37.5 Å². The summed E-state index contributed by atoms with van der Waals surface area (Å²) in [7, 11) is 0. The molecule has 0 radical (unpaired) electrons. The molecule has 0 aliphatic carbocycles. The van der Waals surface area contributed by atoms with Crippen LogP contribution in [-0.4, -0.2) is 26.1 Å². The third-order valence-corrected chi connectivity index (χ3v) is 3.26. The topological polar surface area (TPSA) is 68.0 Å². The van der Waals surface area contributed by atoms with E-state index in [0.717, 1.165) is 10.2 Å². The molecule has 0 amide bonds. The van der Waals surface area contributed by atoms with Gasteiger partial charge >= 0.3 is 5.97 Å². The summed E-state index contributed by atoms with van der Waals surface area (Å²) < 4.78 is 15.8. The number of aliphatic carboxylic acids is 1. The SMILES string of the molecule is O=C(O)CCCCc1cn(-c2cc(Br)ccc2F)nn1. The molecule has 20 heavy (non-hydrogen) atoms. The first-order valence-corrected chi connectivity index (χ1v) is 6.94. The lowest BCUT2D eigenvalue weighted by Crippen LogP contribution is -1.98. The number of aryl methyl sites for hydroxylation is 1. The summed E-state index contributed by atoms with van der Waals surface area (Å²) in [6.07, 6.45) is 3.74. The zero-order valence-corrected chi connectivity index (χ0v) is 12.2. The second kappa shape index (κ2) is 6.60. The van der Waals surface area contributed by atoms with Crippen molar-refractivity contribution in [3.63, 3.8) is 0 Å². The molecular formula is C13H13BrFN3O2. The van der Waals surface area contributed by atoms with Crippen molar-refractivity contribution in [2.45, 2.75) is 25.7 Å². The molecular weight excluding hydrogens is 329 g/mol. The van der Waals surface area contributed by atoms with Crippen LogP contribution in [0.4, 0.5) is 4.39 Å². The van der Waals surface area contributed by atoms with E-state index in [2.05, 4.69) is 26.2 Å². The molecule has 0 aliphatic rings. The predicted molar refractivity (Wildman–Crippen MR) is 74.2 cm³/mol. The first kappa shape index (κ1) is 14.6. The maximum atomic E-state index is 13.7. The van der Waals surface area contributed by atoms with Gasteiger partial charge in [-0.2, -0.15) is 0 Å². The van der Waals surface area contributed by atoms with E-state index < -0.39 is 5.97 Å². The number of benzene rings is 1. The molecule has 0 aliphatic heterocycles. The normalized spacial score (nSPS) is 10.7. The number of carboxylic acid groups (broad SMARTS) is 1. The number of carboxylic acids is 1. The Morgan fingerprint density at radius 3 is 2.95 bits per heavy atom. The van der Waals surface area contributed by atoms with Gasteiger partial charge in [-0.25, -0.2) is 9.07 Å². The van der Waals surface area contributed by atoms with Crippen LogP contribution in [0.2, 0.25) is 0 Å². The molecule has 106 valence electrons. The average molecular weight is 342 g/mol. The molecule has 7 heteroatoms. The Hall–Kier alpha value is -1.76. The van der Waals surface area contributed by atoms with Crippen molar-refractivity contribution < 1.29 is 14.3 Å². The summed E-state index contributed by atoms with van der Waals surface area (Å²) >= 11 is 3.28. The van der Waals surface area contributed by atoms with E-state index in [0.29, 0.717) is 24.9 Å². The molecule has 1 aromatic carbocycles. The van der Waals surface area contributed by atoms with Crippen LogP contribution in [0.25, 0.3) is 5.69 Å². The number of nitrogens with zero attached hydrogens (tertiary/aromatic N) is 3. The first-order chi connectivity index (χ1) is 9.56. The van der Waals surface area contributed by atoms with Gasteiger partial charge in [0, 0.05) is 10.9 Å². The zero-order chi connectivity index (χ0) is 14.5. The smallest absolute Gasteiger partial charge is 0.303 e. The molecule has 2 aromatic rings. The van der Waals surface area contributed by atoms with Crippen LogP contribution in [0.3, 0.4) is 0 Å². The lowest BCUT2D eigenvalue weighted by Gasteiger charge is -2.02. The highest BCUT2D eigenvalue weighted by Crippen LogP contribution is 2.19. The minimum Gasteiger partial charge on any atom is -0.481 e. The molecule has 0 unspecified atom stereocenters. The summed E-state index contributed by atoms with van der Waals surface area (Å²) in [5.41, 5.74) is 1.04.